The first-order chi connectivity index (χ1) is 15.6. The highest BCUT2D eigenvalue weighted by molar-refractivity contribution is 9.09. The number of aromatic nitrogens is 2. The number of carbonyl (C=O) groups is 1. The Kier molecular flexibility index (Phi) is 8.86. The van der Waals surface area contributed by atoms with Gasteiger partial charge >= 0.3 is 12.0 Å². The number of hydrogen-bond acceptors (Lipinski definition) is 6. The zero-order valence-electron chi connectivity index (χ0n) is 17.9. The topological polar surface area (TPSA) is 93.6 Å². The first-order valence-corrected chi connectivity index (χ1v) is 11.5. The molecule has 0 unspecified atom stereocenters. The van der Waals surface area contributed by atoms with Crippen LogP contribution in [0.1, 0.15) is 40.5 Å². The highest BCUT2D eigenvalue weighted by Gasteiger charge is 2.08. The predicted octanol–water partition coefficient (Wildman–Crippen LogP) is 4.94. The maximum Gasteiger partial charge on any atom is 0.335 e. The van der Waals surface area contributed by atoms with Gasteiger partial charge in [0.05, 0.1) is 24.5 Å². The lowest BCUT2D eigenvalue weighted by molar-refractivity contribution is 0.0697. The van der Waals surface area contributed by atoms with Crippen molar-refractivity contribution in [2.24, 2.45) is 0 Å². The number of benzene rings is 2. The second-order valence-electron chi connectivity index (χ2n) is 7.03. The van der Waals surface area contributed by atoms with Crippen molar-refractivity contribution in [2.45, 2.75) is 26.3 Å². The molecule has 1 aromatic heterocycles. The molecular formula is C24H26BrN3O4. The molecule has 0 aliphatic carbocycles. The van der Waals surface area contributed by atoms with Gasteiger partial charge in [-0.1, -0.05) is 40.2 Å². The molecule has 32 heavy (non-hydrogen) atoms. The molecule has 0 atom stereocenters. The van der Waals surface area contributed by atoms with Crippen LogP contribution in [0.25, 0.3) is 0 Å². The van der Waals surface area contributed by atoms with Crippen LogP contribution in [0.5, 0.6) is 11.8 Å². The molecule has 0 bridgehead atoms. The van der Waals surface area contributed by atoms with E-state index in [0.717, 1.165) is 34.3 Å². The Morgan fingerprint density at radius 2 is 1.75 bits per heavy atom. The molecule has 0 radical (unpaired) electrons. The van der Waals surface area contributed by atoms with Crippen molar-refractivity contribution in [1.82, 2.24) is 9.97 Å². The minimum Gasteiger partial charge on any atom is -0.494 e. The van der Waals surface area contributed by atoms with E-state index in [4.69, 9.17) is 14.6 Å². The van der Waals surface area contributed by atoms with Gasteiger partial charge in [0.1, 0.15) is 11.6 Å². The number of nitrogens with one attached hydrogen (secondary N) is 1. The first-order valence-electron chi connectivity index (χ1n) is 10.4. The molecule has 0 saturated heterocycles. The van der Waals surface area contributed by atoms with E-state index in [1.54, 1.807) is 24.3 Å². The van der Waals surface area contributed by atoms with Gasteiger partial charge in [0.2, 0.25) is 0 Å². The Balaban J connectivity index is 1.66. The lowest BCUT2D eigenvalue weighted by Gasteiger charge is -2.11. The number of carboxylic acids is 1. The molecule has 0 amide bonds. The van der Waals surface area contributed by atoms with Crippen molar-refractivity contribution in [3.05, 3.63) is 77.0 Å². The number of ether oxygens (including phenoxy) is 2. The van der Waals surface area contributed by atoms with Crippen molar-refractivity contribution in [3.8, 4) is 11.8 Å². The highest BCUT2D eigenvalue weighted by atomic mass is 79.9. The van der Waals surface area contributed by atoms with Gasteiger partial charge in [-0.05, 0) is 48.7 Å². The summed E-state index contributed by atoms with van der Waals surface area (Å²) in [6.07, 6.45) is 1.50. The van der Waals surface area contributed by atoms with Gasteiger partial charge in [0, 0.05) is 24.4 Å². The third-order valence-electron chi connectivity index (χ3n) is 4.56. The fourth-order valence-electron chi connectivity index (χ4n) is 2.96. The molecule has 3 aromatic rings. The van der Waals surface area contributed by atoms with Crippen LogP contribution < -0.4 is 14.8 Å². The molecule has 0 saturated carbocycles. The summed E-state index contributed by atoms with van der Waals surface area (Å²) in [6.45, 7) is 3.63. The Bertz CT molecular complexity index is 1010. The Labute approximate surface area is 196 Å². The van der Waals surface area contributed by atoms with Crippen molar-refractivity contribution < 1.29 is 19.4 Å². The molecule has 0 aliphatic rings. The third kappa shape index (κ3) is 7.23. The zero-order chi connectivity index (χ0) is 22.8. The normalized spacial score (nSPS) is 10.6. The second-order valence-corrected chi connectivity index (χ2v) is 7.82. The molecule has 2 aromatic carbocycles. The minimum atomic E-state index is -0.942. The number of hydrogen-bond donors (Lipinski definition) is 2. The average Bonchev–Trinajstić information content (AvgIpc) is 2.79. The molecular weight excluding hydrogens is 474 g/mol. The molecule has 0 spiro atoms. The van der Waals surface area contributed by atoms with Crippen LogP contribution in [0.3, 0.4) is 0 Å². The largest absolute Gasteiger partial charge is 0.494 e. The summed E-state index contributed by atoms with van der Waals surface area (Å²) < 4.78 is 11.2. The van der Waals surface area contributed by atoms with Crippen LogP contribution in [0, 0.1) is 0 Å². The maximum absolute atomic E-state index is 11.0. The minimum absolute atomic E-state index is 0.258. The third-order valence-corrected chi connectivity index (χ3v) is 5.12. The maximum atomic E-state index is 11.0. The molecule has 0 aliphatic heterocycles. The number of alkyl halides is 1. The van der Waals surface area contributed by atoms with Crippen LogP contribution in [-0.2, 0) is 13.0 Å². The summed E-state index contributed by atoms with van der Waals surface area (Å²) in [6, 6.07) is 16.9. The quantitative estimate of drug-likeness (QED) is 0.269. The van der Waals surface area contributed by atoms with E-state index in [1.165, 1.54) is 0 Å². The summed E-state index contributed by atoms with van der Waals surface area (Å²) in [5.74, 6) is 0.576. The summed E-state index contributed by atoms with van der Waals surface area (Å²) in [7, 11) is 0. The number of halogens is 1. The number of carboxylic acid groups (broad SMARTS) is 1. The van der Waals surface area contributed by atoms with Gasteiger partial charge in [-0.15, -0.1) is 0 Å². The number of nitrogens with zero attached hydrogens (tertiary/aromatic N) is 2. The van der Waals surface area contributed by atoms with E-state index in [0.29, 0.717) is 38.0 Å². The van der Waals surface area contributed by atoms with E-state index in [9.17, 15) is 4.79 Å². The van der Waals surface area contributed by atoms with E-state index in [1.807, 2.05) is 37.3 Å². The zero-order valence-corrected chi connectivity index (χ0v) is 19.5. The molecule has 2 N–H and O–H groups in total. The van der Waals surface area contributed by atoms with Gasteiger partial charge < -0.3 is 19.9 Å². The summed E-state index contributed by atoms with van der Waals surface area (Å²) in [5, 5.41) is 13.3. The summed E-state index contributed by atoms with van der Waals surface area (Å²) >= 11 is 3.39. The Morgan fingerprint density at radius 1 is 1.03 bits per heavy atom. The van der Waals surface area contributed by atoms with Crippen molar-refractivity contribution in [2.75, 3.05) is 23.9 Å². The van der Waals surface area contributed by atoms with Crippen molar-refractivity contribution >= 4 is 27.7 Å². The van der Waals surface area contributed by atoms with Crippen molar-refractivity contribution in [3.63, 3.8) is 0 Å². The summed E-state index contributed by atoms with van der Waals surface area (Å²) in [4.78, 5) is 19.9. The van der Waals surface area contributed by atoms with E-state index >= 15 is 0 Å². The van der Waals surface area contributed by atoms with Gasteiger partial charge in [-0.3, -0.25) is 0 Å². The fourth-order valence-corrected chi connectivity index (χ4v) is 3.19. The molecule has 3 rings (SSSR count). The monoisotopic (exact) mass is 499 g/mol. The molecule has 0 fully saturated rings. The first kappa shape index (κ1) is 23.5. The van der Waals surface area contributed by atoms with Gasteiger partial charge in [-0.2, -0.15) is 9.97 Å². The van der Waals surface area contributed by atoms with Crippen LogP contribution in [0.15, 0.2) is 54.6 Å². The predicted molar refractivity (Wildman–Crippen MR) is 127 cm³/mol. The van der Waals surface area contributed by atoms with Gasteiger partial charge in [-0.25, -0.2) is 4.79 Å². The van der Waals surface area contributed by atoms with E-state index in [2.05, 4.69) is 31.2 Å². The van der Waals surface area contributed by atoms with E-state index in [-0.39, 0.29) is 5.56 Å². The van der Waals surface area contributed by atoms with Crippen LogP contribution in [-0.4, -0.2) is 39.6 Å². The van der Waals surface area contributed by atoms with Crippen LogP contribution in [0.2, 0.25) is 0 Å². The van der Waals surface area contributed by atoms with Crippen LogP contribution >= 0.6 is 15.9 Å². The standard InChI is InChI=1S/C24H26BrN3O4/c1-2-31-24-27-20(14-17-4-8-19(9-5-17)23(29)30)15-22(28-24)26-16-18-6-10-21(11-7-18)32-13-3-12-25/h4-11,15H,2-3,12-14,16H2,1H3,(H,29,30)(H,26,27,28). The smallest absolute Gasteiger partial charge is 0.335 e. The van der Waals surface area contributed by atoms with E-state index < -0.39 is 5.97 Å². The lowest BCUT2D eigenvalue weighted by atomic mass is 10.1. The Hall–Kier alpha value is -3.13. The Morgan fingerprint density at radius 3 is 2.41 bits per heavy atom. The number of aromatic carboxylic acids is 1. The second kappa shape index (κ2) is 12.0. The average molecular weight is 500 g/mol. The molecule has 168 valence electrons. The summed E-state index contributed by atoms with van der Waals surface area (Å²) in [5.41, 5.74) is 3.09. The van der Waals surface area contributed by atoms with Crippen LogP contribution in [0.4, 0.5) is 5.82 Å². The molecule has 7 nitrogen and oxygen atoms in total. The highest BCUT2D eigenvalue weighted by Crippen LogP contribution is 2.18. The molecule has 1 heterocycles. The lowest BCUT2D eigenvalue weighted by Crippen LogP contribution is -2.07. The number of anilines is 1. The fraction of sp³-hybridized carbons (Fsp3) is 0.292. The van der Waals surface area contributed by atoms with Gasteiger partial charge in [0.25, 0.3) is 0 Å². The van der Waals surface area contributed by atoms with Gasteiger partial charge in [0.15, 0.2) is 0 Å². The SMILES string of the molecule is CCOc1nc(Cc2ccc(C(=O)O)cc2)cc(NCc2ccc(OCCCBr)cc2)n1. The number of rotatable bonds is 12. The van der Waals surface area contributed by atoms with Crippen molar-refractivity contribution in [1.29, 1.82) is 0 Å². The molecule has 8 heteroatoms.